The topological polar surface area (TPSA) is 269 Å². The molecule has 234 valence electrons. The van der Waals surface area contributed by atoms with Crippen molar-refractivity contribution in [3.8, 4) is 0 Å². The normalized spacial score (nSPS) is 34.9. The molecule has 0 aliphatic carbocycles. The van der Waals surface area contributed by atoms with Gasteiger partial charge in [0.15, 0.2) is 41.5 Å². The number of aromatic amines is 1. The molecular weight excluding hydrogens is 666 g/mol. The van der Waals surface area contributed by atoms with Crippen molar-refractivity contribution >= 4 is 77.3 Å². The van der Waals surface area contributed by atoms with Crippen LogP contribution in [0.5, 0.6) is 0 Å². The van der Waals surface area contributed by atoms with E-state index in [-0.39, 0.29) is 47.0 Å². The lowest BCUT2D eigenvalue weighted by molar-refractivity contribution is -0.129. The average Bonchev–Trinajstić information content (AvgIpc) is 3.71. The average molecular weight is 689 g/mol. The van der Waals surface area contributed by atoms with Gasteiger partial charge in [0.2, 0.25) is 5.78 Å². The first-order chi connectivity index (χ1) is 20.9. The molecule has 0 radical (unpaired) electrons. The second-order valence-corrected chi connectivity index (χ2v) is 15.5. The molecule has 7 heterocycles. The number of hydrogen-bond acceptors (Lipinski definition) is 17. The van der Waals surface area contributed by atoms with Crippen LogP contribution in [0.3, 0.4) is 0 Å². The number of ether oxygens (including phenoxy) is 2. The van der Waals surface area contributed by atoms with E-state index < -0.39 is 68.5 Å². The molecule has 44 heavy (non-hydrogen) atoms. The fourth-order valence-corrected chi connectivity index (χ4v) is 8.07. The maximum absolute atomic E-state index is 13.5. The number of H-pyrrole nitrogens is 1. The third kappa shape index (κ3) is 5.24. The number of fused-ring (bicyclic) bond motifs is 5. The third-order valence-electron chi connectivity index (χ3n) is 7.08. The molecule has 0 amide bonds. The summed E-state index contributed by atoms with van der Waals surface area (Å²) in [5.74, 6) is -0.604. The highest BCUT2D eigenvalue weighted by Crippen LogP contribution is 2.57. The Bertz CT molecular complexity index is 1950. The number of aromatic nitrogens is 8. The van der Waals surface area contributed by atoms with Crippen LogP contribution in [-0.4, -0.2) is 87.3 Å². The fraction of sp³-hybridized carbons (Fsp3) is 0.450. The highest BCUT2D eigenvalue weighted by Gasteiger charge is 2.51. The van der Waals surface area contributed by atoms with Crippen molar-refractivity contribution in [1.82, 2.24) is 39.0 Å². The first kappa shape index (κ1) is 29.8. The van der Waals surface area contributed by atoms with E-state index in [1.807, 2.05) is 0 Å². The number of Topliss-reactive ketones (excluding diaryl/α,β-unsaturated/α-hetero) is 1. The van der Waals surface area contributed by atoms with Gasteiger partial charge < -0.3 is 39.9 Å². The first-order valence-electron chi connectivity index (χ1n) is 12.7. The van der Waals surface area contributed by atoms with Gasteiger partial charge in [0.25, 0.3) is 0 Å². The van der Waals surface area contributed by atoms with Gasteiger partial charge in [0, 0.05) is 6.42 Å². The zero-order chi connectivity index (χ0) is 31.0. The summed E-state index contributed by atoms with van der Waals surface area (Å²) in [4.78, 5) is 60.2. The molecule has 3 aliphatic rings. The van der Waals surface area contributed by atoms with E-state index in [2.05, 4.69) is 42.2 Å². The Morgan fingerprint density at radius 3 is 2.55 bits per heavy atom. The van der Waals surface area contributed by atoms with Gasteiger partial charge >= 0.3 is 19.2 Å². The Labute approximate surface area is 255 Å². The Hall–Kier alpha value is -2.88. The smallest absolute Gasteiger partial charge is 0.382 e. The summed E-state index contributed by atoms with van der Waals surface area (Å²) in [5.41, 5.74) is 11.8. The molecule has 0 aromatic carbocycles. The molecule has 0 saturated carbocycles. The minimum absolute atomic E-state index is 0.00346. The molecule has 6 N–H and O–H groups in total. The standard InChI is InChI=1S/C20H22N10O10P2S2/c21-14-10-16(25-4-23-14)29(6-27-10)19-12(31)13-9(38-19)3-36-41(33,43)39-8-1-7(2-35-42(34,44)40-13)37-18(8)30-17-11(28-20(30)32)15(22)24-5-26-17/h4-9,13,18-19H,1-3H2,(H,28,32)(H,33,43)(H,34,44)(H2,21,23,25)(H2,22,24,26)/t7?,8-,9-,13?,18-,19-,41?,42?/m1/s1. The quantitative estimate of drug-likeness (QED) is 0.136. The van der Waals surface area contributed by atoms with Gasteiger partial charge in [-0.3, -0.25) is 18.4 Å². The van der Waals surface area contributed by atoms with Crippen molar-refractivity contribution in [2.45, 2.75) is 43.3 Å². The summed E-state index contributed by atoms with van der Waals surface area (Å²) >= 11 is 9.33. The number of nitrogens with one attached hydrogen (secondary N) is 1. The van der Waals surface area contributed by atoms with Crippen LogP contribution in [0.2, 0.25) is 0 Å². The predicted octanol–water partition coefficient (Wildman–Crippen LogP) is -0.0502. The molecule has 3 fully saturated rings. The number of nitrogen functional groups attached to an aromatic ring is 2. The maximum Gasteiger partial charge on any atom is 0.386 e. The van der Waals surface area contributed by atoms with Crippen molar-refractivity contribution in [3.05, 3.63) is 29.5 Å². The predicted molar refractivity (Wildman–Crippen MR) is 154 cm³/mol. The van der Waals surface area contributed by atoms with Gasteiger partial charge in [0.1, 0.15) is 35.9 Å². The van der Waals surface area contributed by atoms with E-state index in [0.29, 0.717) is 0 Å². The SMILES string of the molecule is Nc1ncnc2c1ncn2[C@@H]1O[C@@H]2COP(O)(=S)O[C@@H]3CC(COP(=O)(S)OC2C1=O)O[C@H]3n1c(=O)[nH]c2c(N)ncnc21. The van der Waals surface area contributed by atoms with Crippen LogP contribution in [0.4, 0.5) is 11.6 Å². The number of rotatable bonds is 2. The van der Waals surface area contributed by atoms with Crippen molar-refractivity contribution in [1.29, 1.82) is 0 Å². The number of nitrogens with two attached hydrogens (primary N) is 2. The van der Waals surface area contributed by atoms with Crippen LogP contribution in [0.25, 0.3) is 22.3 Å². The van der Waals surface area contributed by atoms with E-state index in [4.69, 9.17) is 50.8 Å². The van der Waals surface area contributed by atoms with Gasteiger partial charge in [0.05, 0.1) is 25.6 Å². The van der Waals surface area contributed by atoms with Gasteiger partial charge in [-0.1, -0.05) is 12.2 Å². The number of ketones is 1. The number of carbonyl (C=O) groups is 1. The monoisotopic (exact) mass is 688 g/mol. The zero-order valence-corrected chi connectivity index (χ0v) is 25.5. The zero-order valence-electron chi connectivity index (χ0n) is 22.0. The number of carbonyl (C=O) groups excluding carboxylic acids is 1. The summed E-state index contributed by atoms with van der Waals surface area (Å²) in [6.45, 7) is -9.30. The Morgan fingerprint density at radius 2 is 1.75 bits per heavy atom. The molecule has 4 aromatic heterocycles. The molecule has 3 saturated heterocycles. The van der Waals surface area contributed by atoms with E-state index >= 15 is 0 Å². The van der Waals surface area contributed by atoms with Crippen molar-refractivity contribution < 1.29 is 41.8 Å². The van der Waals surface area contributed by atoms with Crippen LogP contribution in [0.1, 0.15) is 18.9 Å². The molecule has 4 unspecified atom stereocenters. The molecule has 8 atom stereocenters. The molecule has 3 aliphatic heterocycles. The summed E-state index contributed by atoms with van der Waals surface area (Å²) in [5, 5.41) is 0. The molecule has 7 rings (SSSR count). The van der Waals surface area contributed by atoms with Gasteiger partial charge in [-0.25, -0.2) is 38.8 Å². The van der Waals surface area contributed by atoms with Crippen LogP contribution >= 0.6 is 25.8 Å². The molecule has 4 aromatic rings. The van der Waals surface area contributed by atoms with Crippen molar-refractivity contribution in [3.63, 3.8) is 0 Å². The van der Waals surface area contributed by atoms with Gasteiger partial charge in [-0.15, -0.1) is 0 Å². The van der Waals surface area contributed by atoms with Crippen molar-refractivity contribution in [2.75, 3.05) is 24.7 Å². The summed E-state index contributed by atoms with van der Waals surface area (Å²) < 4.78 is 50.2. The molecule has 24 heteroatoms. The highest BCUT2D eigenvalue weighted by molar-refractivity contribution is 8.44. The lowest BCUT2D eigenvalue weighted by Crippen LogP contribution is -2.33. The lowest BCUT2D eigenvalue weighted by Gasteiger charge is -2.26. The summed E-state index contributed by atoms with van der Waals surface area (Å²) in [7, 11) is 0. The number of thiol groups is 1. The summed E-state index contributed by atoms with van der Waals surface area (Å²) in [6.07, 6.45) is -3.72. The maximum atomic E-state index is 13.5. The number of nitrogens with zero attached hydrogens (tertiary/aromatic N) is 7. The highest BCUT2D eigenvalue weighted by atomic mass is 32.7. The van der Waals surface area contributed by atoms with Crippen LogP contribution in [0, 0.1) is 0 Å². The van der Waals surface area contributed by atoms with E-state index in [1.54, 1.807) is 0 Å². The van der Waals surface area contributed by atoms with Crippen molar-refractivity contribution in [2.24, 2.45) is 0 Å². The third-order valence-corrected chi connectivity index (χ3v) is 10.3. The largest absolute Gasteiger partial charge is 0.386 e. The number of hydrogen-bond donors (Lipinski definition) is 5. The molecular formula is C20H22N10O10P2S2. The minimum Gasteiger partial charge on any atom is -0.382 e. The van der Waals surface area contributed by atoms with Crippen LogP contribution in [0.15, 0.2) is 23.8 Å². The minimum atomic E-state index is -4.26. The van der Waals surface area contributed by atoms with E-state index in [1.165, 1.54) is 17.2 Å². The van der Waals surface area contributed by atoms with Gasteiger partial charge in [-0.2, -0.15) is 0 Å². The molecule has 2 bridgehead atoms. The summed E-state index contributed by atoms with van der Waals surface area (Å²) in [6, 6.07) is 0. The Balaban J connectivity index is 1.20. The Kier molecular flexibility index (Phi) is 7.37. The number of anilines is 2. The Morgan fingerprint density at radius 1 is 1.00 bits per heavy atom. The van der Waals surface area contributed by atoms with E-state index in [9.17, 15) is 19.0 Å². The number of imidazole rings is 2. The lowest BCUT2D eigenvalue weighted by atomic mass is 10.1. The molecule has 0 spiro atoms. The molecule has 20 nitrogen and oxygen atoms in total. The van der Waals surface area contributed by atoms with Crippen LogP contribution in [-0.2, 0) is 48.7 Å². The van der Waals surface area contributed by atoms with Gasteiger partial charge in [-0.05, 0) is 11.8 Å². The fourth-order valence-electron chi connectivity index (χ4n) is 5.18. The second kappa shape index (κ2) is 10.9. The van der Waals surface area contributed by atoms with Crippen LogP contribution < -0.4 is 17.2 Å². The van der Waals surface area contributed by atoms with E-state index in [0.717, 1.165) is 10.9 Å². The second-order valence-electron chi connectivity index (χ2n) is 9.85. The first-order valence-corrected chi connectivity index (χ1v) is 18.0.